The van der Waals surface area contributed by atoms with Crippen LogP contribution in [0.1, 0.15) is 59.3 Å². The van der Waals surface area contributed by atoms with Gasteiger partial charge in [0, 0.05) is 0 Å². The highest BCUT2D eigenvalue weighted by molar-refractivity contribution is 4.81. The van der Waals surface area contributed by atoms with Crippen molar-refractivity contribution in [2.24, 2.45) is 11.3 Å². The molecule has 0 aliphatic carbocycles. The van der Waals surface area contributed by atoms with E-state index in [1.807, 2.05) is 0 Å². The maximum absolute atomic E-state index is 3.48. The van der Waals surface area contributed by atoms with E-state index >= 15 is 0 Å². The second kappa shape index (κ2) is 5.75. The van der Waals surface area contributed by atoms with Gasteiger partial charge >= 0.3 is 0 Å². The van der Waals surface area contributed by atoms with Crippen LogP contribution in [0.25, 0.3) is 0 Å². The fourth-order valence-corrected chi connectivity index (χ4v) is 3.12. The predicted molar refractivity (Wildman–Crippen MR) is 63.5 cm³/mol. The minimum absolute atomic E-state index is 0.625. The van der Waals surface area contributed by atoms with Crippen LogP contribution in [0, 0.1) is 11.3 Å². The zero-order valence-corrected chi connectivity index (χ0v) is 10.2. The minimum atomic E-state index is 0.625. The van der Waals surface area contributed by atoms with Crippen molar-refractivity contribution in [1.82, 2.24) is 5.32 Å². The van der Waals surface area contributed by atoms with Crippen molar-refractivity contribution >= 4 is 0 Å². The average molecular weight is 197 g/mol. The molecule has 0 spiro atoms. The first-order valence-corrected chi connectivity index (χ1v) is 6.41. The molecule has 0 bridgehead atoms. The fraction of sp³-hybridized carbons (Fsp3) is 1.00. The fourth-order valence-electron chi connectivity index (χ4n) is 3.12. The quantitative estimate of drug-likeness (QED) is 0.686. The van der Waals surface area contributed by atoms with E-state index in [0.29, 0.717) is 5.41 Å². The smallest absolute Gasteiger partial charge is 0.00198 e. The summed E-state index contributed by atoms with van der Waals surface area (Å²) in [6.45, 7) is 9.65. The van der Waals surface area contributed by atoms with Crippen LogP contribution in [-0.2, 0) is 0 Å². The van der Waals surface area contributed by atoms with Crippen LogP contribution in [0.15, 0.2) is 0 Å². The molecule has 1 saturated heterocycles. The first-order valence-electron chi connectivity index (χ1n) is 6.41. The SMILES string of the molecule is CCCC(C)(CCC)CC1CCNC1. The molecule has 0 aromatic carbocycles. The summed E-state index contributed by atoms with van der Waals surface area (Å²) in [5.74, 6) is 0.957. The van der Waals surface area contributed by atoms with Crippen molar-refractivity contribution in [3.8, 4) is 0 Å². The summed E-state index contributed by atoms with van der Waals surface area (Å²) in [6.07, 6.45) is 8.37. The first-order chi connectivity index (χ1) is 6.70. The van der Waals surface area contributed by atoms with Gasteiger partial charge in [0.1, 0.15) is 0 Å². The lowest BCUT2D eigenvalue weighted by molar-refractivity contribution is 0.206. The van der Waals surface area contributed by atoms with E-state index in [1.54, 1.807) is 0 Å². The van der Waals surface area contributed by atoms with Gasteiger partial charge in [0.05, 0.1) is 0 Å². The van der Waals surface area contributed by atoms with Gasteiger partial charge in [-0.25, -0.2) is 0 Å². The molecule has 0 amide bonds. The van der Waals surface area contributed by atoms with Crippen molar-refractivity contribution in [2.45, 2.75) is 59.3 Å². The van der Waals surface area contributed by atoms with Gasteiger partial charge in [-0.2, -0.15) is 0 Å². The molecule has 0 radical (unpaired) electrons. The Bertz CT molecular complexity index is 141. The summed E-state index contributed by atoms with van der Waals surface area (Å²) in [6, 6.07) is 0. The van der Waals surface area contributed by atoms with E-state index < -0.39 is 0 Å². The molecule has 1 nitrogen and oxygen atoms in total. The third-order valence-corrected chi connectivity index (χ3v) is 3.65. The minimum Gasteiger partial charge on any atom is -0.316 e. The van der Waals surface area contributed by atoms with Gasteiger partial charge in [0.25, 0.3) is 0 Å². The molecule has 1 aliphatic rings. The Hall–Kier alpha value is -0.0400. The van der Waals surface area contributed by atoms with Crippen LogP contribution in [-0.4, -0.2) is 13.1 Å². The Balaban J connectivity index is 2.39. The Morgan fingerprint density at radius 2 is 1.86 bits per heavy atom. The van der Waals surface area contributed by atoms with E-state index in [1.165, 1.54) is 51.6 Å². The maximum Gasteiger partial charge on any atom is -0.00198 e. The summed E-state index contributed by atoms with van der Waals surface area (Å²) in [5.41, 5.74) is 0.625. The van der Waals surface area contributed by atoms with Crippen molar-refractivity contribution in [3.05, 3.63) is 0 Å². The van der Waals surface area contributed by atoms with Crippen LogP contribution in [0.3, 0.4) is 0 Å². The van der Waals surface area contributed by atoms with Gasteiger partial charge in [0.2, 0.25) is 0 Å². The molecule has 1 heterocycles. The normalized spacial score (nSPS) is 22.9. The van der Waals surface area contributed by atoms with E-state index in [9.17, 15) is 0 Å². The lowest BCUT2D eigenvalue weighted by Crippen LogP contribution is -2.22. The van der Waals surface area contributed by atoms with E-state index in [-0.39, 0.29) is 0 Å². The molecule has 84 valence electrons. The monoisotopic (exact) mass is 197 g/mol. The molecule has 1 unspecified atom stereocenters. The molecule has 0 aromatic heterocycles. The number of hydrogen-bond acceptors (Lipinski definition) is 1. The number of nitrogens with one attached hydrogen (secondary N) is 1. The Morgan fingerprint density at radius 3 is 2.29 bits per heavy atom. The van der Waals surface area contributed by atoms with Crippen LogP contribution in [0.4, 0.5) is 0 Å². The maximum atomic E-state index is 3.48. The van der Waals surface area contributed by atoms with Crippen LogP contribution in [0.5, 0.6) is 0 Å². The molecule has 0 aromatic rings. The van der Waals surface area contributed by atoms with Gasteiger partial charge in [-0.1, -0.05) is 33.6 Å². The molecule has 1 atom stereocenters. The Kier molecular flexibility index (Phi) is 4.94. The molecule has 0 saturated carbocycles. The molecule has 14 heavy (non-hydrogen) atoms. The second-order valence-electron chi connectivity index (χ2n) is 5.37. The summed E-state index contributed by atoms with van der Waals surface area (Å²) < 4.78 is 0. The number of hydrogen-bond donors (Lipinski definition) is 1. The zero-order valence-electron chi connectivity index (χ0n) is 10.2. The van der Waals surface area contributed by atoms with Crippen molar-refractivity contribution in [1.29, 1.82) is 0 Å². The van der Waals surface area contributed by atoms with Crippen molar-refractivity contribution in [2.75, 3.05) is 13.1 Å². The topological polar surface area (TPSA) is 12.0 Å². The highest BCUT2D eigenvalue weighted by atomic mass is 14.9. The predicted octanol–water partition coefficient (Wildman–Crippen LogP) is 3.59. The van der Waals surface area contributed by atoms with Gasteiger partial charge in [-0.3, -0.25) is 0 Å². The largest absolute Gasteiger partial charge is 0.316 e. The lowest BCUT2D eigenvalue weighted by Gasteiger charge is -2.31. The van der Waals surface area contributed by atoms with Crippen LogP contribution < -0.4 is 5.32 Å². The Morgan fingerprint density at radius 1 is 1.21 bits per heavy atom. The van der Waals surface area contributed by atoms with Gasteiger partial charge in [-0.15, -0.1) is 0 Å². The summed E-state index contributed by atoms with van der Waals surface area (Å²) in [5, 5.41) is 3.48. The molecule has 1 rings (SSSR count). The third-order valence-electron chi connectivity index (χ3n) is 3.65. The van der Waals surface area contributed by atoms with Crippen molar-refractivity contribution in [3.63, 3.8) is 0 Å². The Labute approximate surface area is 89.7 Å². The summed E-state index contributed by atoms with van der Waals surface area (Å²) >= 11 is 0. The lowest BCUT2D eigenvalue weighted by atomic mass is 9.74. The summed E-state index contributed by atoms with van der Waals surface area (Å²) in [7, 11) is 0. The second-order valence-corrected chi connectivity index (χ2v) is 5.37. The molecular weight excluding hydrogens is 170 g/mol. The molecular formula is C13H27N. The summed E-state index contributed by atoms with van der Waals surface area (Å²) in [4.78, 5) is 0. The van der Waals surface area contributed by atoms with E-state index in [0.717, 1.165) is 5.92 Å². The molecule has 1 N–H and O–H groups in total. The van der Waals surface area contributed by atoms with E-state index in [4.69, 9.17) is 0 Å². The standard InChI is InChI=1S/C13H27N/c1-4-7-13(3,8-5-2)10-12-6-9-14-11-12/h12,14H,4-11H2,1-3H3. The van der Waals surface area contributed by atoms with E-state index in [2.05, 4.69) is 26.1 Å². The highest BCUT2D eigenvalue weighted by Gasteiger charge is 2.27. The first kappa shape index (κ1) is 12.0. The zero-order chi connectivity index (χ0) is 10.4. The average Bonchev–Trinajstić information content (AvgIpc) is 2.57. The number of rotatable bonds is 6. The van der Waals surface area contributed by atoms with Gasteiger partial charge in [-0.05, 0) is 50.1 Å². The molecule has 1 aliphatic heterocycles. The van der Waals surface area contributed by atoms with Crippen molar-refractivity contribution < 1.29 is 0 Å². The van der Waals surface area contributed by atoms with Crippen LogP contribution >= 0.6 is 0 Å². The van der Waals surface area contributed by atoms with Crippen LogP contribution in [0.2, 0.25) is 0 Å². The highest BCUT2D eigenvalue weighted by Crippen LogP contribution is 2.37. The molecule has 1 heteroatoms. The third kappa shape index (κ3) is 3.61. The molecule has 1 fully saturated rings. The van der Waals surface area contributed by atoms with Gasteiger partial charge < -0.3 is 5.32 Å². The van der Waals surface area contributed by atoms with Gasteiger partial charge in [0.15, 0.2) is 0 Å².